The Balaban J connectivity index is 2.79. The summed E-state index contributed by atoms with van der Waals surface area (Å²) >= 11 is 2.34. The van der Waals surface area contributed by atoms with Crippen molar-refractivity contribution >= 4 is 32.2 Å². The van der Waals surface area contributed by atoms with Crippen molar-refractivity contribution in [1.82, 2.24) is 5.32 Å². The number of rotatable bonds is 0. The van der Waals surface area contributed by atoms with E-state index in [4.69, 9.17) is 0 Å². The maximum absolute atomic E-state index is 10.2. The molecule has 0 aromatic carbocycles. The van der Waals surface area contributed by atoms with Gasteiger partial charge < -0.3 is 0 Å². The molecule has 0 unspecified atom stereocenters. The van der Waals surface area contributed by atoms with Gasteiger partial charge in [0.2, 0.25) is 0 Å². The zero-order valence-corrected chi connectivity index (χ0v) is 5.35. The normalized spacial score (nSPS) is 18.2. The molecule has 1 fully saturated rings. The van der Waals surface area contributed by atoms with Gasteiger partial charge in [0.25, 0.3) is 0 Å². The molecule has 0 bridgehead atoms. The van der Waals surface area contributed by atoms with Gasteiger partial charge in [-0.15, -0.1) is 0 Å². The Kier molecular flexibility index (Phi) is 1.15. The third kappa shape index (κ3) is 0.778. The standard InChI is InChI=1S/C3HNO3Se/c5-1-2(6)7-3(8)4-1/h(H,4,5,8). The molecule has 8 heavy (non-hydrogen) atoms. The van der Waals surface area contributed by atoms with E-state index < -0.39 is 11.9 Å². The summed E-state index contributed by atoms with van der Waals surface area (Å²) in [5, 5.41) is 2.12. The third-order valence-electron chi connectivity index (χ3n) is 0.586. The Morgan fingerprint density at radius 1 is 1.50 bits per heavy atom. The summed E-state index contributed by atoms with van der Waals surface area (Å²) in [5.74, 6) is -1.59. The summed E-state index contributed by atoms with van der Waals surface area (Å²) < 4.78 is 4.36. The molecule has 0 aromatic rings. The predicted molar refractivity (Wildman–Crippen MR) is 25.0 cm³/mol. The van der Waals surface area contributed by atoms with Crippen LogP contribution in [-0.2, 0) is 14.3 Å². The van der Waals surface area contributed by atoms with E-state index in [-0.39, 0.29) is 4.73 Å². The van der Waals surface area contributed by atoms with Crippen molar-refractivity contribution in [3.8, 4) is 0 Å². The molecule has 1 aliphatic rings. The van der Waals surface area contributed by atoms with Crippen LogP contribution in [0, 0.1) is 0 Å². The Labute approximate surface area is 52.5 Å². The number of carbonyl (C=O) groups excluding carboxylic acids is 2. The van der Waals surface area contributed by atoms with Crippen LogP contribution in [0.4, 0.5) is 0 Å². The summed E-state index contributed by atoms with van der Waals surface area (Å²) in [6, 6.07) is 0. The predicted octanol–water partition coefficient (Wildman–Crippen LogP) is -2.08. The number of hydrogen-bond acceptors (Lipinski definition) is 3. The molecule has 0 atom stereocenters. The number of carbonyl (C=O) groups is 2. The SMILES string of the molecule is O=C1NC(=[Se])OC1=O. The topological polar surface area (TPSA) is 55.4 Å². The molecule has 4 nitrogen and oxygen atoms in total. The summed E-state index contributed by atoms with van der Waals surface area (Å²) in [4.78, 5) is 20.3. The molecule has 0 saturated carbocycles. The number of esters is 1. The Bertz CT molecular complexity index is 157. The minimum atomic E-state index is -0.862. The van der Waals surface area contributed by atoms with Crippen molar-refractivity contribution in [1.29, 1.82) is 0 Å². The van der Waals surface area contributed by atoms with E-state index >= 15 is 0 Å². The molecule has 1 N–H and O–H groups in total. The quantitative estimate of drug-likeness (QED) is 0.263. The van der Waals surface area contributed by atoms with Crippen molar-refractivity contribution < 1.29 is 14.3 Å². The summed E-state index contributed by atoms with van der Waals surface area (Å²) in [7, 11) is 0. The molecule has 42 valence electrons. The van der Waals surface area contributed by atoms with Crippen LogP contribution in [0.15, 0.2) is 0 Å². The van der Waals surface area contributed by atoms with E-state index in [1.165, 1.54) is 0 Å². The second kappa shape index (κ2) is 1.68. The van der Waals surface area contributed by atoms with Crippen LogP contribution in [-0.4, -0.2) is 32.2 Å². The molecule has 0 radical (unpaired) electrons. The van der Waals surface area contributed by atoms with Crippen molar-refractivity contribution in [3.63, 3.8) is 0 Å². The van der Waals surface area contributed by atoms with Crippen LogP contribution in [0.1, 0.15) is 0 Å². The number of nitrogens with one attached hydrogen (secondary N) is 1. The van der Waals surface area contributed by atoms with Gasteiger partial charge in [-0.3, -0.25) is 0 Å². The molecule has 1 aliphatic heterocycles. The van der Waals surface area contributed by atoms with Crippen molar-refractivity contribution in [3.05, 3.63) is 0 Å². The molecule has 0 aromatic heterocycles. The maximum atomic E-state index is 10.2. The molecular formula is C3HNO3Se. The van der Waals surface area contributed by atoms with Gasteiger partial charge in [-0.2, -0.15) is 0 Å². The molecule has 0 spiro atoms. The van der Waals surface area contributed by atoms with E-state index in [1.807, 2.05) is 0 Å². The van der Waals surface area contributed by atoms with Gasteiger partial charge in [-0.05, 0) is 0 Å². The Morgan fingerprint density at radius 3 is 2.25 bits per heavy atom. The molecule has 0 aliphatic carbocycles. The van der Waals surface area contributed by atoms with Gasteiger partial charge in [0.1, 0.15) is 0 Å². The van der Waals surface area contributed by atoms with Gasteiger partial charge >= 0.3 is 51.8 Å². The average Bonchev–Trinajstić information content (AvgIpc) is 1.85. The zero-order chi connectivity index (χ0) is 6.15. The molecule has 1 amide bonds. The van der Waals surface area contributed by atoms with Gasteiger partial charge in [0.05, 0.1) is 0 Å². The first kappa shape index (κ1) is 5.47. The van der Waals surface area contributed by atoms with Gasteiger partial charge in [-0.25, -0.2) is 0 Å². The summed E-state index contributed by atoms with van der Waals surface area (Å²) in [6.45, 7) is 0. The number of amides is 1. The number of hydrogen-bond donors (Lipinski definition) is 1. The van der Waals surface area contributed by atoms with Crippen molar-refractivity contribution in [2.24, 2.45) is 0 Å². The Morgan fingerprint density at radius 2 is 2.12 bits per heavy atom. The Hall–Kier alpha value is -0.671. The van der Waals surface area contributed by atoms with E-state index in [2.05, 4.69) is 25.6 Å². The first-order valence-corrected chi connectivity index (χ1v) is 2.63. The molecular weight excluding hydrogens is 177 g/mol. The van der Waals surface area contributed by atoms with Gasteiger partial charge in [0, 0.05) is 0 Å². The molecule has 1 saturated heterocycles. The van der Waals surface area contributed by atoms with Crippen LogP contribution in [0.25, 0.3) is 0 Å². The van der Waals surface area contributed by atoms with Crippen LogP contribution in [0.3, 0.4) is 0 Å². The number of cyclic esters (lactones) is 1. The van der Waals surface area contributed by atoms with Crippen LogP contribution < -0.4 is 5.32 Å². The van der Waals surface area contributed by atoms with Crippen molar-refractivity contribution in [2.45, 2.75) is 0 Å². The van der Waals surface area contributed by atoms with E-state index in [0.29, 0.717) is 0 Å². The van der Waals surface area contributed by atoms with Gasteiger partial charge in [-0.1, -0.05) is 0 Å². The minimum absolute atomic E-state index is 0.125. The van der Waals surface area contributed by atoms with Crippen LogP contribution in [0.2, 0.25) is 0 Å². The summed E-state index contributed by atoms with van der Waals surface area (Å²) in [5.41, 5.74) is 0. The molecule has 1 rings (SSSR count). The molecule has 5 heteroatoms. The van der Waals surface area contributed by atoms with Crippen LogP contribution >= 0.6 is 0 Å². The monoisotopic (exact) mass is 179 g/mol. The first-order chi connectivity index (χ1) is 3.70. The van der Waals surface area contributed by atoms with E-state index in [9.17, 15) is 9.59 Å². The second-order valence-electron chi connectivity index (χ2n) is 1.13. The number of ether oxygens (including phenoxy) is 1. The van der Waals surface area contributed by atoms with E-state index in [0.717, 1.165) is 0 Å². The van der Waals surface area contributed by atoms with Gasteiger partial charge in [0.15, 0.2) is 0 Å². The first-order valence-electron chi connectivity index (χ1n) is 1.77. The van der Waals surface area contributed by atoms with Crippen LogP contribution in [0.5, 0.6) is 0 Å². The fourth-order valence-corrected chi connectivity index (χ4v) is 0.653. The van der Waals surface area contributed by atoms with Crippen molar-refractivity contribution in [2.75, 3.05) is 0 Å². The molecule has 1 heterocycles. The van der Waals surface area contributed by atoms with E-state index in [1.54, 1.807) is 0 Å². The fourth-order valence-electron chi connectivity index (χ4n) is 0.300. The second-order valence-corrected chi connectivity index (χ2v) is 1.91. The zero-order valence-electron chi connectivity index (χ0n) is 3.63. The summed E-state index contributed by atoms with van der Waals surface area (Å²) in [6.07, 6.45) is 0. The third-order valence-corrected chi connectivity index (χ3v) is 0.975. The fraction of sp³-hybridized carbons (Fsp3) is 0. The average molecular weight is 178 g/mol.